The van der Waals surface area contributed by atoms with Crippen LogP contribution in [0.25, 0.3) is 0 Å². The molecule has 0 aromatic carbocycles. The molecule has 0 aliphatic rings. The van der Waals surface area contributed by atoms with Crippen LogP contribution < -0.4 is 4.57 Å². The van der Waals surface area contributed by atoms with Crippen molar-refractivity contribution >= 4 is 16.1 Å². The topological polar surface area (TPSA) is 69.2 Å². The maximum Gasteiger partial charge on any atom is 0.492 e. The Kier molecular flexibility index (Phi) is 4.79. The van der Waals surface area contributed by atoms with E-state index in [1.54, 1.807) is 14.0 Å². The van der Waals surface area contributed by atoms with Gasteiger partial charge in [0, 0.05) is 6.42 Å². The van der Waals surface area contributed by atoms with Crippen molar-refractivity contribution in [2.75, 3.05) is 0 Å². The van der Waals surface area contributed by atoms with Crippen molar-refractivity contribution in [1.29, 1.82) is 0 Å². The van der Waals surface area contributed by atoms with Gasteiger partial charge in [0.2, 0.25) is 11.7 Å². The molecule has 0 radical (unpaired) electrons. The van der Waals surface area contributed by atoms with Crippen molar-refractivity contribution in [3.05, 3.63) is 18.7 Å². The number of rotatable bonds is 5. The third kappa shape index (κ3) is 3.95. The first kappa shape index (κ1) is 16.5. The molecule has 0 saturated carbocycles. The van der Waals surface area contributed by atoms with Gasteiger partial charge in [0.05, 0.1) is 7.05 Å². The zero-order chi connectivity index (χ0) is 15.6. The van der Waals surface area contributed by atoms with Crippen LogP contribution in [0, 0.1) is 0 Å². The average molecular weight is 315 g/mol. The van der Waals surface area contributed by atoms with Crippen LogP contribution in [0.4, 0.5) is 13.2 Å². The fraction of sp³-hybridized carbons (Fsp3) is 0.600. The highest BCUT2D eigenvalue weighted by atomic mass is 32.2. The molecule has 0 amide bonds. The number of alkyl halides is 3. The summed E-state index contributed by atoms with van der Waals surface area (Å²) in [5.74, 6) is -2.74. The van der Waals surface area contributed by atoms with Crippen LogP contribution in [0.1, 0.15) is 25.1 Å². The van der Waals surface area contributed by atoms with Crippen molar-refractivity contribution in [2.45, 2.75) is 31.3 Å². The number of nitrogens with zero attached hydrogens (tertiary/aromatic N) is 2. The lowest BCUT2D eigenvalue weighted by molar-refractivity contribution is -0.671. The molecule has 6 nitrogen and oxygen atoms in total. The van der Waals surface area contributed by atoms with Gasteiger partial charge in [0.1, 0.15) is 12.4 Å². The van der Waals surface area contributed by atoms with Crippen LogP contribution in [0.15, 0.2) is 18.7 Å². The largest absolute Gasteiger partial charge is 0.492 e. The second kappa shape index (κ2) is 5.81. The second-order valence-electron chi connectivity index (χ2n) is 4.13. The van der Waals surface area contributed by atoms with Crippen molar-refractivity contribution in [1.82, 2.24) is 4.57 Å². The third-order valence-corrected chi connectivity index (χ3v) is 3.94. The Labute approximate surface area is 113 Å². The minimum absolute atomic E-state index is 0.0160. The number of hydrogen-bond acceptors (Lipinski definition) is 4. The van der Waals surface area contributed by atoms with E-state index in [4.69, 9.17) is 0 Å². The Morgan fingerprint density at radius 2 is 2.05 bits per heavy atom. The summed E-state index contributed by atoms with van der Waals surface area (Å²) in [6.07, 6.45) is -0.689. The molecule has 0 fully saturated rings. The van der Waals surface area contributed by atoms with Gasteiger partial charge >= 0.3 is 22.3 Å². The van der Waals surface area contributed by atoms with Crippen LogP contribution in [0.5, 0.6) is 0 Å². The van der Waals surface area contributed by atoms with E-state index in [-0.39, 0.29) is 6.42 Å². The van der Waals surface area contributed by atoms with E-state index in [2.05, 4.69) is 4.18 Å². The Hall–Kier alpha value is -1.58. The lowest BCUT2D eigenvalue weighted by atomic mass is 10.3. The van der Waals surface area contributed by atoms with Crippen molar-refractivity contribution < 1.29 is 35.1 Å². The van der Waals surface area contributed by atoms with Crippen LogP contribution in [0.3, 0.4) is 0 Å². The lowest BCUT2D eigenvalue weighted by Crippen LogP contribution is -2.32. The summed E-state index contributed by atoms with van der Waals surface area (Å²) in [6.45, 7) is 1.66. The second-order valence-corrected chi connectivity index (χ2v) is 5.83. The number of carbonyl (C=O) groups is 1. The Morgan fingerprint density at radius 1 is 1.45 bits per heavy atom. The highest BCUT2D eigenvalue weighted by molar-refractivity contribution is 7.87. The van der Waals surface area contributed by atoms with Crippen molar-refractivity contribution in [3.63, 3.8) is 0 Å². The van der Waals surface area contributed by atoms with Crippen LogP contribution in [-0.4, -0.2) is 25.1 Å². The third-order valence-electron chi connectivity index (χ3n) is 2.41. The normalized spacial score (nSPS) is 14.1. The predicted octanol–water partition coefficient (Wildman–Crippen LogP) is 1.05. The maximum atomic E-state index is 12.1. The minimum atomic E-state index is -5.36. The van der Waals surface area contributed by atoms with Gasteiger partial charge in [0.15, 0.2) is 0 Å². The van der Waals surface area contributed by atoms with Crippen molar-refractivity contribution in [3.8, 4) is 0 Å². The molecule has 0 spiro atoms. The molecule has 0 N–H and O–H groups in total. The summed E-state index contributed by atoms with van der Waals surface area (Å²) >= 11 is 0. The number of carbonyl (C=O) groups excluding carboxylic acids is 1. The molecule has 20 heavy (non-hydrogen) atoms. The molecular weight excluding hydrogens is 301 g/mol. The lowest BCUT2D eigenvalue weighted by Gasteiger charge is -2.14. The SMILES string of the molecule is CCCC(n1cc[n+](C)c1)S(=O)(=O)OC(=O)C(F)(F)F. The summed E-state index contributed by atoms with van der Waals surface area (Å²) in [6, 6.07) is 0. The van der Waals surface area contributed by atoms with Gasteiger partial charge < -0.3 is 4.18 Å². The van der Waals surface area contributed by atoms with E-state index in [0.29, 0.717) is 6.42 Å². The molecule has 1 aromatic heterocycles. The van der Waals surface area contributed by atoms with E-state index >= 15 is 0 Å². The fourth-order valence-electron chi connectivity index (χ4n) is 1.54. The first-order valence-corrected chi connectivity index (χ1v) is 7.12. The molecule has 0 bridgehead atoms. The summed E-state index contributed by atoms with van der Waals surface area (Å²) in [4.78, 5) is 10.7. The minimum Gasteiger partial charge on any atom is -0.335 e. The van der Waals surface area contributed by atoms with Crippen molar-refractivity contribution in [2.24, 2.45) is 7.05 Å². The van der Waals surface area contributed by atoms with Gasteiger partial charge in [-0.1, -0.05) is 13.3 Å². The van der Waals surface area contributed by atoms with Gasteiger partial charge in [-0.3, -0.25) is 0 Å². The number of hydrogen-bond donors (Lipinski definition) is 0. The molecule has 1 unspecified atom stereocenters. The molecule has 1 atom stereocenters. The average Bonchev–Trinajstić information content (AvgIpc) is 2.70. The van der Waals surface area contributed by atoms with E-state index in [0.717, 1.165) is 0 Å². The first-order valence-electron chi connectivity index (χ1n) is 5.65. The molecule has 0 aliphatic carbocycles. The Balaban J connectivity index is 3.05. The van der Waals surface area contributed by atoms with Crippen LogP contribution in [0.2, 0.25) is 0 Å². The summed E-state index contributed by atoms with van der Waals surface area (Å²) in [5, 5.41) is -1.39. The van der Waals surface area contributed by atoms with Gasteiger partial charge in [-0.2, -0.15) is 21.6 Å². The fourth-order valence-corrected chi connectivity index (χ4v) is 2.90. The zero-order valence-electron chi connectivity index (χ0n) is 10.8. The van der Waals surface area contributed by atoms with E-state index in [9.17, 15) is 26.4 Å². The standard InChI is InChI=1S/C10H14F3N2O4S/c1-3-4-8(15-6-5-14(2)7-15)20(17,18)19-9(16)10(11,12)13/h5-8H,3-4H2,1-2H3/q+1. The highest BCUT2D eigenvalue weighted by Crippen LogP contribution is 2.25. The van der Waals surface area contributed by atoms with E-state index in [1.807, 2.05) is 0 Å². The summed E-state index contributed by atoms with van der Waals surface area (Å²) in [5.41, 5.74) is 0. The Morgan fingerprint density at radius 3 is 2.45 bits per heavy atom. The molecule has 1 rings (SSSR count). The van der Waals surface area contributed by atoms with Gasteiger partial charge in [-0.15, -0.1) is 0 Å². The molecule has 0 aliphatic heterocycles. The number of halogens is 3. The van der Waals surface area contributed by atoms with Gasteiger partial charge in [-0.25, -0.2) is 13.9 Å². The molecular formula is C10H14F3N2O4S+. The molecule has 0 saturated heterocycles. The number of aromatic nitrogens is 2. The number of imidazole rings is 1. The highest BCUT2D eigenvalue weighted by Gasteiger charge is 2.46. The predicted molar refractivity (Wildman–Crippen MR) is 60.6 cm³/mol. The van der Waals surface area contributed by atoms with Crippen LogP contribution >= 0.6 is 0 Å². The van der Waals surface area contributed by atoms with Crippen LogP contribution in [-0.2, 0) is 26.1 Å². The quantitative estimate of drug-likeness (QED) is 0.601. The monoisotopic (exact) mass is 315 g/mol. The number of aryl methyl sites for hydroxylation is 1. The summed E-state index contributed by atoms with van der Waals surface area (Å²) in [7, 11) is -3.11. The van der Waals surface area contributed by atoms with E-state index in [1.165, 1.54) is 27.9 Å². The molecule has 1 heterocycles. The summed E-state index contributed by atoms with van der Waals surface area (Å²) < 4.78 is 66.2. The molecule has 114 valence electrons. The molecule has 10 heteroatoms. The maximum absolute atomic E-state index is 12.1. The smallest absolute Gasteiger partial charge is 0.335 e. The zero-order valence-corrected chi connectivity index (χ0v) is 11.6. The van der Waals surface area contributed by atoms with Gasteiger partial charge in [-0.05, 0) is 0 Å². The molecule has 1 aromatic rings. The first-order chi connectivity index (χ1) is 9.08. The van der Waals surface area contributed by atoms with Gasteiger partial charge in [0.25, 0.3) is 0 Å². The Bertz CT molecular complexity index is 580. The van der Waals surface area contributed by atoms with E-state index < -0.39 is 27.6 Å².